The van der Waals surface area contributed by atoms with Gasteiger partial charge < -0.3 is 10.1 Å². The van der Waals surface area contributed by atoms with Crippen molar-refractivity contribution in [2.24, 2.45) is 0 Å². The molecular weight excluding hydrogens is 468 g/mol. The summed E-state index contributed by atoms with van der Waals surface area (Å²) in [5.41, 5.74) is 2.55. The number of aryl methyl sites for hydroxylation is 1. The van der Waals surface area contributed by atoms with Crippen molar-refractivity contribution in [1.29, 1.82) is 0 Å². The van der Waals surface area contributed by atoms with Crippen molar-refractivity contribution in [3.8, 4) is 5.75 Å². The number of thioether (sulfide) groups is 1. The first-order valence-electron chi connectivity index (χ1n) is 10.9. The fourth-order valence-corrected chi connectivity index (χ4v) is 5.43. The monoisotopic (exact) mass is 498 g/mol. The molecule has 180 valence electrons. The number of carbonyl (C=O) groups is 1. The van der Waals surface area contributed by atoms with E-state index in [-0.39, 0.29) is 23.1 Å². The van der Waals surface area contributed by atoms with E-state index in [0.717, 1.165) is 21.6 Å². The summed E-state index contributed by atoms with van der Waals surface area (Å²) in [6.07, 6.45) is 2.21. The molecule has 3 aromatic rings. The Balaban J connectivity index is 1.87. The van der Waals surface area contributed by atoms with Crippen molar-refractivity contribution in [2.45, 2.75) is 42.1 Å². The Kier molecular flexibility index (Phi) is 8.77. The SMILES string of the molecule is COc1ccc(C)cc1S(=O)(=O)N[C@@H](Cc1ccccc1)C(=O)N[C@H](C)c1ccc(SC)cc1. The number of hydrogen-bond donors (Lipinski definition) is 2. The van der Waals surface area contributed by atoms with E-state index in [0.29, 0.717) is 0 Å². The van der Waals surface area contributed by atoms with Gasteiger partial charge in [-0.25, -0.2) is 8.42 Å². The summed E-state index contributed by atoms with van der Waals surface area (Å²) in [5, 5.41) is 2.96. The number of rotatable bonds is 10. The molecule has 0 unspecified atom stereocenters. The maximum absolute atomic E-state index is 13.3. The minimum absolute atomic E-state index is 0.00145. The van der Waals surface area contributed by atoms with E-state index in [1.54, 1.807) is 30.8 Å². The van der Waals surface area contributed by atoms with E-state index < -0.39 is 22.0 Å². The summed E-state index contributed by atoms with van der Waals surface area (Å²) in [5.74, 6) is -0.181. The number of methoxy groups -OCH3 is 1. The van der Waals surface area contributed by atoms with Crippen LogP contribution < -0.4 is 14.8 Å². The van der Waals surface area contributed by atoms with Crippen LogP contribution in [0.5, 0.6) is 5.75 Å². The third kappa shape index (κ3) is 6.62. The largest absolute Gasteiger partial charge is 0.495 e. The second-order valence-electron chi connectivity index (χ2n) is 8.02. The molecule has 0 spiro atoms. The highest BCUT2D eigenvalue weighted by molar-refractivity contribution is 7.98. The van der Waals surface area contributed by atoms with Crippen LogP contribution in [0.2, 0.25) is 0 Å². The van der Waals surface area contributed by atoms with Gasteiger partial charge in [0.05, 0.1) is 13.2 Å². The standard InChI is InChI=1S/C26H30N2O4S2/c1-18-10-15-24(32-3)25(16-18)34(30,31)28-23(17-20-8-6-5-7-9-20)26(29)27-19(2)21-11-13-22(33-4)14-12-21/h5-16,19,23,28H,17H2,1-4H3,(H,27,29)/t19-,23+/m1/s1. The molecule has 0 radical (unpaired) electrons. The van der Waals surface area contributed by atoms with Crippen molar-refractivity contribution in [2.75, 3.05) is 13.4 Å². The molecule has 0 aliphatic heterocycles. The molecule has 3 aromatic carbocycles. The maximum Gasteiger partial charge on any atom is 0.244 e. The van der Waals surface area contributed by atoms with Gasteiger partial charge in [-0.1, -0.05) is 48.5 Å². The minimum atomic E-state index is -4.04. The first-order valence-corrected chi connectivity index (χ1v) is 13.6. The molecule has 0 aromatic heterocycles. The molecule has 3 rings (SSSR count). The van der Waals surface area contributed by atoms with Gasteiger partial charge >= 0.3 is 0 Å². The first-order chi connectivity index (χ1) is 16.2. The second kappa shape index (κ2) is 11.6. The lowest BCUT2D eigenvalue weighted by molar-refractivity contribution is -0.123. The molecule has 0 saturated carbocycles. The van der Waals surface area contributed by atoms with Crippen LogP contribution >= 0.6 is 11.8 Å². The summed E-state index contributed by atoms with van der Waals surface area (Å²) >= 11 is 1.64. The molecule has 8 heteroatoms. The van der Waals surface area contributed by atoms with Gasteiger partial charge in [-0.2, -0.15) is 4.72 Å². The van der Waals surface area contributed by atoms with E-state index in [1.807, 2.05) is 67.8 Å². The first kappa shape index (κ1) is 25.8. The predicted octanol–water partition coefficient (Wildman–Crippen LogP) is 4.49. The predicted molar refractivity (Wildman–Crippen MR) is 137 cm³/mol. The van der Waals surface area contributed by atoms with Crippen LogP contribution in [0.3, 0.4) is 0 Å². The zero-order valence-electron chi connectivity index (χ0n) is 19.7. The number of sulfonamides is 1. The van der Waals surface area contributed by atoms with Crippen LogP contribution in [-0.4, -0.2) is 33.7 Å². The number of benzene rings is 3. The third-order valence-electron chi connectivity index (χ3n) is 5.48. The van der Waals surface area contributed by atoms with Gasteiger partial charge in [0, 0.05) is 4.90 Å². The Morgan fingerprint density at radius 3 is 2.32 bits per heavy atom. The number of nitrogens with one attached hydrogen (secondary N) is 2. The quantitative estimate of drug-likeness (QED) is 0.402. The van der Waals surface area contributed by atoms with Crippen LogP contribution in [0.4, 0.5) is 0 Å². The smallest absolute Gasteiger partial charge is 0.244 e. The molecule has 2 atom stereocenters. The third-order valence-corrected chi connectivity index (χ3v) is 7.72. The zero-order chi connectivity index (χ0) is 24.7. The highest BCUT2D eigenvalue weighted by atomic mass is 32.2. The lowest BCUT2D eigenvalue weighted by Gasteiger charge is -2.22. The Hall–Kier alpha value is -2.81. The molecule has 0 heterocycles. The molecule has 0 bridgehead atoms. The lowest BCUT2D eigenvalue weighted by atomic mass is 10.0. The van der Waals surface area contributed by atoms with E-state index in [1.165, 1.54) is 13.2 Å². The summed E-state index contributed by atoms with van der Waals surface area (Å²) in [6, 6.07) is 20.9. The number of ether oxygens (including phenoxy) is 1. The van der Waals surface area contributed by atoms with Crippen molar-refractivity contribution < 1.29 is 17.9 Å². The summed E-state index contributed by atoms with van der Waals surface area (Å²) in [4.78, 5) is 14.4. The van der Waals surface area contributed by atoms with E-state index >= 15 is 0 Å². The van der Waals surface area contributed by atoms with E-state index in [4.69, 9.17) is 4.74 Å². The highest BCUT2D eigenvalue weighted by Crippen LogP contribution is 2.25. The molecule has 0 aliphatic rings. The highest BCUT2D eigenvalue weighted by Gasteiger charge is 2.29. The summed E-state index contributed by atoms with van der Waals surface area (Å²) in [7, 11) is -2.62. The van der Waals surface area contributed by atoms with E-state index in [2.05, 4.69) is 10.0 Å². The average Bonchev–Trinajstić information content (AvgIpc) is 2.84. The van der Waals surface area contributed by atoms with Gasteiger partial charge in [0.15, 0.2) is 0 Å². The molecule has 1 amide bonds. The Bertz CT molecular complexity index is 1210. The molecule has 34 heavy (non-hydrogen) atoms. The van der Waals surface area contributed by atoms with E-state index in [9.17, 15) is 13.2 Å². The van der Waals surface area contributed by atoms with Crippen molar-refractivity contribution >= 4 is 27.7 Å². The van der Waals surface area contributed by atoms with Crippen LogP contribution in [0, 0.1) is 6.92 Å². The maximum atomic E-state index is 13.3. The molecule has 0 aliphatic carbocycles. The molecule has 2 N–H and O–H groups in total. The average molecular weight is 499 g/mol. The Morgan fingerprint density at radius 1 is 1.03 bits per heavy atom. The topological polar surface area (TPSA) is 84.5 Å². The van der Waals surface area contributed by atoms with Crippen LogP contribution in [-0.2, 0) is 21.2 Å². The van der Waals surface area contributed by atoms with Crippen LogP contribution in [0.15, 0.2) is 82.6 Å². The molecular formula is C26H30N2O4S2. The number of carbonyl (C=O) groups excluding carboxylic acids is 1. The van der Waals surface area contributed by atoms with Crippen LogP contribution in [0.1, 0.15) is 29.7 Å². The van der Waals surface area contributed by atoms with Crippen molar-refractivity contribution in [3.63, 3.8) is 0 Å². The zero-order valence-corrected chi connectivity index (χ0v) is 21.4. The number of hydrogen-bond acceptors (Lipinski definition) is 5. The Labute approximate surface area is 206 Å². The Morgan fingerprint density at radius 2 is 1.71 bits per heavy atom. The molecule has 0 fully saturated rings. The molecule has 0 saturated heterocycles. The normalized spacial score (nSPS) is 13.2. The summed E-state index contributed by atoms with van der Waals surface area (Å²) < 4.78 is 34.5. The van der Waals surface area contributed by atoms with Gasteiger partial charge in [0.2, 0.25) is 15.9 Å². The summed E-state index contributed by atoms with van der Waals surface area (Å²) in [6.45, 7) is 3.68. The van der Waals surface area contributed by atoms with Gasteiger partial charge in [-0.3, -0.25) is 4.79 Å². The van der Waals surface area contributed by atoms with Crippen molar-refractivity contribution in [3.05, 3.63) is 89.5 Å². The number of amides is 1. The lowest BCUT2D eigenvalue weighted by Crippen LogP contribution is -2.48. The molecule has 6 nitrogen and oxygen atoms in total. The van der Waals surface area contributed by atoms with Crippen LogP contribution in [0.25, 0.3) is 0 Å². The van der Waals surface area contributed by atoms with Crippen molar-refractivity contribution in [1.82, 2.24) is 10.0 Å². The van der Waals surface area contributed by atoms with Gasteiger partial charge in [0.1, 0.15) is 16.7 Å². The minimum Gasteiger partial charge on any atom is -0.495 e. The van der Waals surface area contributed by atoms with Gasteiger partial charge in [0.25, 0.3) is 0 Å². The second-order valence-corrected chi connectivity index (χ2v) is 10.6. The van der Waals surface area contributed by atoms with Gasteiger partial charge in [-0.05, 0) is 67.5 Å². The van der Waals surface area contributed by atoms with Gasteiger partial charge in [-0.15, -0.1) is 11.8 Å². The fraction of sp³-hybridized carbons (Fsp3) is 0.269. The fourth-order valence-electron chi connectivity index (χ4n) is 3.57.